The minimum Gasteiger partial charge on any atom is -0.345 e. The first-order valence-electron chi connectivity index (χ1n) is 22.1. The van der Waals surface area contributed by atoms with Crippen molar-refractivity contribution < 1.29 is 0 Å². The second-order valence-electron chi connectivity index (χ2n) is 16.4. The summed E-state index contributed by atoms with van der Waals surface area (Å²) in [5.41, 5.74) is 13.5. The van der Waals surface area contributed by atoms with E-state index in [0.29, 0.717) is 0 Å². The predicted molar refractivity (Wildman–Crippen MR) is 241 cm³/mol. The molecule has 0 heterocycles. The fraction of sp³-hybridized carbons (Fsp3) is 0.434. The summed E-state index contributed by atoms with van der Waals surface area (Å²) in [5, 5.41) is 0. The molecule has 0 bridgehead atoms. The van der Waals surface area contributed by atoms with Crippen LogP contribution in [0.1, 0.15) is 146 Å². The summed E-state index contributed by atoms with van der Waals surface area (Å²) >= 11 is 0. The van der Waals surface area contributed by atoms with Gasteiger partial charge in [0.25, 0.3) is 0 Å². The minimum atomic E-state index is 0.0434. The van der Waals surface area contributed by atoms with Crippen LogP contribution in [-0.2, 0) is 5.41 Å². The van der Waals surface area contributed by atoms with Crippen LogP contribution >= 0.6 is 0 Å². The van der Waals surface area contributed by atoms with Gasteiger partial charge in [-0.1, -0.05) is 183 Å². The average molecular weight is 733 g/mol. The average Bonchev–Trinajstić information content (AvgIpc) is 3.48. The normalized spacial score (nSPS) is 12.7. The van der Waals surface area contributed by atoms with Crippen molar-refractivity contribution in [1.29, 1.82) is 0 Å². The highest BCUT2D eigenvalue weighted by atomic mass is 15.1. The van der Waals surface area contributed by atoms with Crippen LogP contribution in [0.15, 0.2) is 121 Å². The number of aryl methyl sites for hydroxylation is 1. The van der Waals surface area contributed by atoms with Gasteiger partial charge in [0.05, 0.1) is 0 Å². The first kappa shape index (κ1) is 40.4. The molecule has 290 valence electrons. The lowest BCUT2D eigenvalue weighted by molar-refractivity contribution is 0.397. The summed E-state index contributed by atoms with van der Waals surface area (Å²) in [5.74, 6) is 0. The molecule has 0 aromatic heterocycles. The summed E-state index contributed by atoms with van der Waals surface area (Å²) in [6.07, 6.45) is 24.2. The van der Waals surface area contributed by atoms with Gasteiger partial charge in [0, 0.05) is 40.9 Å². The van der Waals surface area contributed by atoms with E-state index in [1.807, 2.05) is 0 Å². The summed E-state index contributed by atoms with van der Waals surface area (Å²) in [4.78, 5) is 4.73. The van der Waals surface area contributed by atoms with Crippen molar-refractivity contribution in [2.45, 2.75) is 142 Å². The Labute approximate surface area is 335 Å². The lowest BCUT2D eigenvalue weighted by atomic mass is 9.70. The Hall–Kier alpha value is -4.30. The van der Waals surface area contributed by atoms with Gasteiger partial charge in [-0.2, -0.15) is 0 Å². The maximum absolute atomic E-state index is 2.59. The van der Waals surface area contributed by atoms with Gasteiger partial charge < -0.3 is 9.80 Å². The molecule has 0 fully saturated rings. The maximum atomic E-state index is 2.59. The Morgan fingerprint density at radius 3 is 1.35 bits per heavy atom. The number of anilines is 5. The molecule has 0 N–H and O–H groups in total. The third-order valence-corrected chi connectivity index (χ3v) is 12.3. The van der Waals surface area contributed by atoms with Crippen LogP contribution in [-0.4, -0.2) is 7.05 Å². The Bertz CT molecular complexity index is 1840. The molecule has 0 saturated heterocycles. The number of unbranched alkanes of at least 4 members (excludes halogenated alkanes) is 14. The highest BCUT2D eigenvalue weighted by Crippen LogP contribution is 2.56. The summed E-state index contributed by atoms with van der Waals surface area (Å²) in [6, 6.07) is 45.5. The van der Waals surface area contributed by atoms with Crippen LogP contribution in [0, 0.1) is 6.92 Å². The number of rotatable bonds is 23. The van der Waals surface area contributed by atoms with E-state index in [1.165, 1.54) is 161 Å². The molecule has 55 heavy (non-hydrogen) atoms. The quantitative estimate of drug-likeness (QED) is 0.0617. The smallest absolute Gasteiger partial charge is 0.0465 e. The van der Waals surface area contributed by atoms with Crippen molar-refractivity contribution in [3.63, 3.8) is 0 Å². The lowest BCUT2D eigenvalue weighted by Gasteiger charge is -2.34. The SMILES string of the molecule is CCCCCCCCCCC1(CCCCCCCCCC)c2cc(C)ccc2-c2ccc(N(c3ccccc3)c3ccc(N(C)c4ccccc4)cc3)cc21. The first-order chi connectivity index (χ1) is 27.1. The van der Waals surface area contributed by atoms with E-state index in [9.17, 15) is 0 Å². The second-order valence-corrected chi connectivity index (χ2v) is 16.4. The van der Waals surface area contributed by atoms with E-state index in [-0.39, 0.29) is 5.41 Å². The van der Waals surface area contributed by atoms with Crippen molar-refractivity contribution in [3.05, 3.63) is 138 Å². The molecule has 0 spiro atoms. The summed E-state index contributed by atoms with van der Waals surface area (Å²) in [6.45, 7) is 6.93. The Morgan fingerprint density at radius 1 is 0.400 bits per heavy atom. The molecule has 2 nitrogen and oxygen atoms in total. The van der Waals surface area contributed by atoms with Gasteiger partial charge in [0.15, 0.2) is 0 Å². The van der Waals surface area contributed by atoms with Gasteiger partial charge in [-0.3, -0.25) is 0 Å². The largest absolute Gasteiger partial charge is 0.345 e. The van der Waals surface area contributed by atoms with Gasteiger partial charge in [-0.25, -0.2) is 0 Å². The van der Waals surface area contributed by atoms with Gasteiger partial charge in [0.2, 0.25) is 0 Å². The zero-order valence-electron chi connectivity index (χ0n) is 34.7. The summed E-state index contributed by atoms with van der Waals surface area (Å²) in [7, 11) is 2.15. The van der Waals surface area contributed by atoms with E-state index < -0.39 is 0 Å². The van der Waals surface area contributed by atoms with Gasteiger partial charge in [0.1, 0.15) is 0 Å². The molecule has 1 aliphatic carbocycles. The number of nitrogens with zero attached hydrogens (tertiary/aromatic N) is 2. The Morgan fingerprint density at radius 2 is 0.800 bits per heavy atom. The van der Waals surface area contributed by atoms with E-state index in [0.717, 1.165) is 0 Å². The Balaban J connectivity index is 1.34. The van der Waals surface area contributed by atoms with Crippen LogP contribution in [0.4, 0.5) is 28.4 Å². The number of benzene rings is 5. The van der Waals surface area contributed by atoms with Gasteiger partial charge >= 0.3 is 0 Å². The van der Waals surface area contributed by atoms with E-state index in [1.54, 1.807) is 11.1 Å². The minimum absolute atomic E-state index is 0.0434. The second kappa shape index (κ2) is 20.6. The van der Waals surface area contributed by atoms with Crippen molar-refractivity contribution in [3.8, 4) is 11.1 Å². The van der Waals surface area contributed by atoms with Gasteiger partial charge in [-0.15, -0.1) is 0 Å². The third kappa shape index (κ3) is 10.1. The molecule has 6 rings (SSSR count). The fourth-order valence-corrected chi connectivity index (χ4v) is 9.17. The topological polar surface area (TPSA) is 6.48 Å². The third-order valence-electron chi connectivity index (χ3n) is 12.3. The number of para-hydroxylation sites is 2. The predicted octanol–water partition coefficient (Wildman–Crippen LogP) is 16.6. The zero-order valence-corrected chi connectivity index (χ0v) is 34.7. The van der Waals surface area contributed by atoms with Crippen molar-refractivity contribution >= 4 is 28.4 Å². The van der Waals surface area contributed by atoms with Crippen LogP contribution < -0.4 is 9.80 Å². The molecular weight excluding hydrogens is 665 g/mol. The molecule has 0 aliphatic heterocycles. The van der Waals surface area contributed by atoms with Crippen molar-refractivity contribution in [2.75, 3.05) is 16.8 Å². The zero-order chi connectivity index (χ0) is 38.3. The lowest BCUT2D eigenvalue weighted by Crippen LogP contribution is -2.26. The summed E-state index contributed by atoms with van der Waals surface area (Å²) < 4.78 is 0. The van der Waals surface area contributed by atoms with E-state index >= 15 is 0 Å². The van der Waals surface area contributed by atoms with Gasteiger partial charge in [-0.05, 0) is 103 Å². The highest BCUT2D eigenvalue weighted by Gasteiger charge is 2.42. The van der Waals surface area contributed by atoms with Crippen LogP contribution in [0.3, 0.4) is 0 Å². The molecule has 5 aromatic rings. The molecular formula is C53H68N2. The van der Waals surface area contributed by atoms with E-state index in [4.69, 9.17) is 0 Å². The van der Waals surface area contributed by atoms with Crippen LogP contribution in [0.5, 0.6) is 0 Å². The number of fused-ring (bicyclic) bond motifs is 3. The number of hydrogen-bond acceptors (Lipinski definition) is 2. The van der Waals surface area contributed by atoms with Crippen LogP contribution in [0.2, 0.25) is 0 Å². The monoisotopic (exact) mass is 733 g/mol. The molecule has 0 unspecified atom stereocenters. The molecule has 0 atom stereocenters. The molecule has 0 radical (unpaired) electrons. The maximum Gasteiger partial charge on any atom is 0.0465 e. The fourth-order valence-electron chi connectivity index (χ4n) is 9.17. The number of hydrogen-bond donors (Lipinski definition) is 0. The molecule has 2 heteroatoms. The highest BCUT2D eigenvalue weighted by molar-refractivity contribution is 5.86. The van der Waals surface area contributed by atoms with E-state index in [2.05, 4.69) is 159 Å². The van der Waals surface area contributed by atoms with Crippen molar-refractivity contribution in [1.82, 2.24) is 0 Å². The van der Waals surface area contributed by atoms with Crippen LogP contribution in [0.25, 0.3) is 11.1 Å². The standard InChI is InChI=1S/C53H68N2/c1-5-7-9-11-13-15-17-25-39-53(40-26-18-16-14-12-10-8-6-2)51-41-43(3)31-37-49(51)50-38-36-48(42-52(50)53)55(46-29-23-20-24-30-46)47-34-32-45(33-35-47)54(4)44-27-21-19-22-28-44/h19-24,27-38,41-42H,5-18,25-26,39-40H2,1-4H3. The Kier molecular flexibility index (Phi) is 15.1. The molecule has 0 amide bonds. The van der Waals surface area contributed by atoms with Crippen molar-refractivity contribution in [2.24, 2.45) is 0 Å². The molecule has 0 saturated carbocycles. The molecule has 1 aliphatic rings. The first-order valence-corrected chi connectivity index (χ1v) is 22.1. The molecule has 5 aromatic carbocycles.